The average Bonchev–Trinajstić information content (AvgIpc) is 2.74. The quantitative estimate of drug-likeness (QED) is 0.844. The lowest BCUT2D eigenvalue weighted by molar-refractivity contribution is 0.101. The maximum absolute atomic E-state index is 11.7. The molecule has 1 aromatic heterocycles. The fourth-order valence-corrected chi connectivity index (χ4v) is 4.25. The van der Waals surface area contributed by atoms with Crippen LogP contribution in [0.2, 0.25) is 0 Å². The van der Waals surface area contributed by atoms with Crippen LogP contribution < -0.4 is 5.73 Å². The smallest absolute Gasteiger partial charge is 0.163 e. The van der Waals surface area contributed by atoms with Crippen molar-refractivity contribution in [2.24, 2.45) is 0 Å². The second-order valence-electron chi connectivity index (χ2n) is 5.15. The maximum atomic E-state index is 11.7. The van der Waals surface area contributed by atoms with Gasteiger partial charge in [0.1, 0.15) is 0 Å². The molecular weight excluding hydrogens is 254 g/mol. The van der Waals surface area contributed by atoms with Crippen LogP contribution >= 0.6 is 11.3 Å². The van der Waals surface area contributed by atoms with Gasteiger partial charge in [-0.25, -0.2) is 0 Å². The lowest BCUT2D eigenvalue weighted by atomic mass is 9.82. The number of rotatable bonds is 2. The van der Waals surface area contributed by atoms with E-state index >= 15 is 0 Å². The van der Waals surface area contributed by atoms with E-state index in [4.69, 9.17) is 5.73 Å². The number of hydrogen-bond acceptors (Lipinski definition) is 3. The van der Waals surface area contributed by atoms with Crippen LogP contribution in [0.4, 0.5) is 5.00 Å². The Labute approximate surface area is 117 Å². The highest BCUT2D eigenvalue weighted by Gasteiger charge is 2.27. The van der Waals surface area contributed by atoms with Crippen LogP contribution in [-0.4, -0.2) is 5.78 Å². The second-order valence-corrected chi connectivity index (χ2v) is 6.29. The third kappa shape index (κ3) is 2.19. The Kier molecular flexibility index (Phi) is 3.15. The van der Waals surface area contributed by atoms with Crippen molar-refractivity contribution < 1.29 is 4.79 Å². The number of anilines is 1. The number of nitrogen functional groups attached to an aromatic ring is 1. The van der Waals surface area contributed by atoms with Gasteiger partial charge in [0.25, 0.3) is 0 Å². The molecule has 0 saturated heterocycles. The maximum Gasteiger partial charge on any atom is 0.163 e. The van der Waals surface area contributed by atoms with Crippen LogP contribution in [-0.2, 0) is 12.8 Å². The standard InChI is InChI=1S/C16H17NOS/c1-10(18)15-13-8-7-12(9-14(13)19-16(15)17)11-5-3-2-4-6-11/h2-6,12H,7-9,17H2,1H3. The zero-order valence-corrected chi connectivity index (χ0v) is 11.8. The van der Waals surface area contributed by atoms with Crippen molar-refractivity contribution in [3.63, 3.8) is 0 Å². The predicted octanol–water partition coefficient (Wildman–Crippen LogP) is 3.81. The molecule has 1 atom stereocenters. The minimum Gasteiger partial charge on any atom is -0.390 e. The van der Waals surface area contributed by atoms with E-state index < -0.39 is 0 Å². The molecule has 0 spiro atoms. The van der Waals surface area contributed by atoms with Gasteiger partial charge < -0.3 is 5.73 Å². The minimum absolute atomic E-state index is 0.105. The molecule has 0 radical (unpaired) electrons. The van der Waals surface area contributed by atoms with Crippen LogP contribution in [0.5, 0.6) is 0 Å². The summed E-state index contributed by atoms with van der Waals surface area (Å²) in [4.78, 5) is 13.0. The summed E-state index contributed by atoms with van der Waals surface area (Å²) < 4.78 is 0. The molecular formula is C16H17NOS. The van der Waals surface area contributed by atoms with E-state index in [0.717, 1.165) is 24.8 Å². The summed E-state index contributed by atoms with van der Waals surface area (Å²) in [5.41, 5.74) is 9.39. The highest BCUT2D eigenvalue weighted by Crippen LogP contribution is 2.41. The van der Waals surface area contributed by atoms with Crippen molar-refractivity contribution in [2.45, 2.75) is 32.1 Å². The van der Waals surface area contributed by atoms with E-state index in [1.54, 1.807) is 18.3 Å². The molecule has 3 heteroatoms. The van der Waals surface area contributed by atoms with Crippen LogP contribution in [0.15, 0.2) is 30.3 Å². The highest BCUT2D eigenvalue weighted by molar-refractivity contribution is 7.16. The molecule has 0 aliphatic heterocycles. The van der Waals surface area contributed by atoms with Gasteiger partial charge in [-0.1, -0.05) is 30.3 Å². The molecule has 3 rings (SSSR count). The van der Waals surface area contributed by atoms with E-state index in [1.807, 2.05) is 0 Å². The molecule has 2 N–H and O–H groups in total. The first-order valence-corrected chi connectivity index (χ1v) is 7.44. The molecule has 98 valence electrons. The van der Waals surface area contributed by atoms with Crippen molar-refractivity contribution in [1.29, 1.82) is 0 Å². The number of hydrogen-bond donors (Lipinski definition) is 1. The Morgan fingerprint density at radius 3 is 2.74 bits per heavy atom. The minimum atomic E-state index is 0.105. The lowest BCUT2D eigenvalue weighted by Gasteiger charge is -2.22. The van der Waals surface area contributed by atoms with Crippen molar-refractivity contribution in [2.75, 3.05) is 5.73 Å². The molecule has 19 heavy (non-hydrogen) atoms. The van der Waals surface area contributed by atoms with Gasteiger partial charge >= 0.3 is 0 Å². The predicted molar refractivity (Wildman–Crippen MR) is 79.9 cm³/mol. The molecule has 0 fully saturated rings. The zero-order chi connectivity index (χ0) is 13.4. The summed E-state index contributed by atoms with van der Waals surface area (Å²) >= 11 is 1.60. The molecule has 0 bridgehead atoms. The summed E-state index contributed by atoms with van der Waals surface area (Å²) in [5, 5.41) is 0.700. The van der Waals surface area contributed by atoms with E-state index in [0.29, 0.717) is 10.9 Å². The Hall–Kier alpha value is -1.61. The van der Waals surface area contributed by atoms with Gasteiger partial charge in [0.2, 0.25) is 0 Å². The Morgan fingerprint density at radius 2 is 2.05 bits per heavy atom. The summed E-state index contributed by atoms with van der Waals surface area (Å²) in [5.74, 6) is 0.666. The molecule has 1 unspecified atom stereocenters. The van der Waals surface area contributed by atoms with Crippen molar-refractivity contribution >= 4 is 22.1 Å². The van der Waals surface area contributed by atoms with Crippen LogP contribution in [0.3, 0.4) is 0 Å². The summed E-state index contributed by atoms with van der Waals surface area (Å²) in [6.07, 6.45) is 3.09. The molecule has 2 nitrogen and oxygen atoms in total. The van der Waals surface area contributed by atoms with Crippen LogP contribution in [0.25, 0.3) is 0 Å². The van der Waals surface area contributed by atoms with E-state index in [2.05, 4.69) is 30.3 Å². The SMILES string of the molecule is CC(=O)c1c(N)sc2c1CCC(c1ccccc1)C2. The van der Waals surface area contributed by atoms with E-state index in [1.165, 1.54) is 16.0 Å². The number of ketones is 1. The molecule has 0 amide bonds. The molecule has 1 aliphatic carbocycles. The summed E-state index contributed by atoms with van der Waals surface area (Å²) in [6, 6.07) is 10.6. The van der Waals surface area contributed by atoms with Gasteiger partial charge in [-0.05, 0) is 43.2 Å². The highest BCUT2D eigenvalue weighted by atomic mass is 32.1. The Morgan fingerprint density at radius 1 is 1.32 bits per heavy atom. The third-order valence-corrected chi connectivity index (χ3v) is 5.00. The summed E-state index contributed by atoms with van der Waals surface area (Å²) in [7, 11) is 0. The lowest BCUT2D eigenvalue weighted by Crippen LogP contribution is -2.12. The van der Waals surface area contributed by atoms with Gasteiger partial charge in [0, 0.05) is 4.88 Å². The number of nitrogens with two attached hydrogens (primary N) is 1. The molecule has 0 saturated carbocycles. The number of fused-ring (bicyclic) bond motifs is 1. The van der Waals surface area contributed by atoms with Gasteiger partial charge in [-0.15, -0.1) is 11.3 Å². The first-order valence-electron chi connectivity index (χ1n) is 6.62. The molecule has 2 aromatic rings. The fourth-order valence-electron chi connectivity index (χ4n) is 3.00. The first kappa shape index (κ1) is 12.4. The van der Waals surface area contributed by atoms with Gasteiger partial charge in [-0.2, -0.15) is 0 Å². The van der Waals surface area contributed by atoms with Gasteiger partial charge in [-0.3, -0.25) is 4.79 Å². The largest absolute Gasteiger partial charge is 0.390 e. The van der Waals surface area contributed by atoms with Crippen LogP contribution in [0, 0.1) is 0 Å². The summed E-state index contributed by atoms with van der Waals surface area (Å²) in [6.45, 7) is 1.61. The Balaban J connectivity index is 1.94. The molecule has 1 aromatic carbocycles. The van der Waals surface area contributed by atoms with Crippen molar-refractivity contribution in [3.8, 4) is 0 Å². The molecule has 1 heterocycles. The topological polar surface area (TPSA) is 43.1 Å². The number of Topliss-reactive ketones (excluding diaryl/α,β-unsaturated/α-hetero) is 1. The second kappa shape index (κ2) is 4.82. The van der Waals surface area contributed by atoms with E-state index in [-0.39, 0.29) is 5.78 Å². The normalized spacial score (nSPS) is 18.1. The monoisotopic (exact) mass is 271 g/mol. The number of benzene rings is 1. The van der Waals surface area contributed by atoms with Crippen LogP contribution in [0.1, 0.15) is 45.6 Å². The van der Waals surface area contributed by atoms with Gasteiger partial charge in [0.15, 0.2) is 5.78 Å². The van der Waals surface area contributed by atoms with Crippen molar-refractivity contribution in [1.82, 2.24) is 0 Å². The zero-order valence-electron chi connectivity index (χ0n) is 11.0. The van der Waals surface area contributed by atoms with Gasteiger partial charge in [0.05, 0.1) is 10.6 Å². The number of carbonyl (C=O) groups excluding carboxylic acids is 1. The van der Waals surface area contributed by atoms with E-state index in [9.17, 15) is 4.79 Å². The molecule has 1 aliphatic rings. The third-order valence-electron chi connectivity index (χ3n) is 3.92. The fraction of sp³-hybridized carbons (Fsp3) is 0.312. The number of thiophene rings is 1. The average molecular weight is 271 g/mol. The Bertz CT molecular complexity index is 615. The number of carbonyl (C=O) groups is 1. The first-order chi connectivity index (χ1) is 9.16. The van der Waals surface area contributed by atoms with Crippen molar-refractivity contribution in [3.05, 3.63) is 51.9 Å².